The van der Waals surface area contributed by atoms with Crippen LogP contribution in [-0.2, 0) is 10.1 Å². The van der Waals surface area contributed by atoms with Crippen molar-refractivity contribution in [2.45, 2.75) is 4.90 Å². The van der Waals surface area contributed by atoms with Gasteiger partial charge >= 0.3 is 0 Å². The van der Waals surface area contributed by atoms with Crippen LogP contribution < -0.4 is 0 Å². The highest BCUT2D eigenvalue weighted by Gasteiger charge is 2.09. The maximum Gasteiger partial charge on any atom is 0.294 e. The largest absolute Gasteiger partial charge is 0.294 e. The topological polar surface area (TPSA) is 67.3 Å². The number of halogens is 1. The Bertz CT molecular complexity index is 624. The van der Waals surface area contributed by atoms with E-state index in [1.54, 1.807) is 12.1 Å². The molecule has 0 saturated carbocycles. The van der Waals surface area contributed by atoms with Gasteiger partial charge in [-0.15, -0.1) is 0 Å². The number of benzene rings is 1. The Balaban J connectivity index is 2.73. The Morgan fingerprint density at radius 2 is 1.93 bits per heavy atom. The maximum atomic E-state index is 10.9. The first-order valence-electron chi connectivity index (χ1n) is 4.00. The first-order valence-corrected chi connectivity index (χ1v) is 5.82. The van der Waals surface area contributed by atoms with E-state index < -0.39 is 10.1 Å². The van der Waals surface area contributed by atoms with E-state index in [0.717, 1.165) is 0 Å². The summed E-state index contributed by atoms with van der Waals surface area (Å²) in [5.74, 6) is 0. The summed E-state index contributed by atoms with van der Waals surface area (Å²) >= 11 is 5.67. The van der Waals surface area contributed by atoms with E-state index in [2.05, 4.69) is 4.98 Å². The molecule has 4 nitrogen and oxygen atoms in total. The molecule has 1 heterocycles. The van der Waals surface area contributed by atoms with Crippen molar-refractivity contribution in [3.05, 3.63) is 35.5 Å². The zero-order valence-electron chi connectivity index (χ0n) is 7.38. The third kappa shape index (κ3) is 2.09. The minimum absolute atomic E-state index is 0.154. The number of hydrogen-bond donors (Lipinski definition) is 1. The lowest BCUT2D eigenvalue weighted by atomic mass is 10.2. The predicted molar refractivity (Wildman–Crippen MR) is 56.6 cm³/mol. The second-order valence-corrected chi connectivity index (χ2v) is 4.77. The van der Waals surface area contributed by atoms with E-state index in [1.807, 2.05) is 0 Å². The number of fused-ring (bicyclic) bond motifs is 1. The number of rotatable bonds is 1. The molecule has 0 amide bonds. The second-order valence-electron chi connectivity index (χ2n) is 2.96. The zero-order valence-corrected chi connectivity index (χ0v) is 8.96. The lowest BCUT2D eigenvalue weighted by molar-refractivity contribution is 0.483. The highest BCUT2D eigenvalue weighted by atomic mass is 35.5. The molecular formula is C9H6ClNO3S. The third-order valence-corrected chi connectivity index (χ3v) is 2.98. The molecule has 6 heteroatoms. The van der Waals surface area contributed by atoms with Crippen molar-refractivity contribution in [3.8, 4) is 0 Å². The average molecular weight is 244 g/mol. The summed E-state index contributed by atoms with van der Waals surface area (Å²) in [6.45, 7) is 0. The van der Waals surface area contributed by atoms with E-state index in [9.17, 15) is 8.42 Å². The van der Waals surface area contributed by atoms with Crippen LogP contribution in [0.25, 0.3) is 10.9 Å². The Labute approximate surface area is 91.3 Å². The van der Waals surface area contributed by atoms with Crippen molar-refractivity contribution in [2.24, 2.45) is 0 Å². The fraction of sp³-hybridized carbons (Fsp3) is 0. The van der Waals surface area contributed by atoms with Crippen LogP contribution in [-0.4, -0.2) is 18.0 Å². The van der Waals surface area contributed by atoms with Crippen LogP contribution in [0, 0.1) is 0 Å². The van der Waals surface area contributed by atoms with Crippen LogP contribution in [0.15, 0.2) is 35.2 Å². The molecule has 0 aliphatic rings. The van der Waals surface area contributed by atoms with E-state index in [-0.39, 0.29) is 4.90 Å². The van der Waals surface area contributed by atoms with Gasteiger partial charge in [-0.3, -0.25) is 4.55 Å². The lowest BCUT2D eigenvalue weighted by Crippen LogP contribution is -1.97. The number of nitrogens with zero attached hydrogens (tertiary/aromatic N) is 1. The average Bonchev–Trinajstić information content (AvgIpc) is 2.15. The Morgan fingerprint density at radius 1 is 1.20 bits per heavy atom. The summed E-state index contributed by atoms with van der Waals surface area (Å²) in [4.78, 5) is 3.83. The molecule has 1 aromatic heterocycles. The molecule has 0 bridgehead atoms. The maximum absolute atomic E-state index is 10.9. The molecule has 1 aromatic carbocycles. The minimum Gasteiger partial charge on any atom is -0.282 e. The molecule has 0 saturated heterocycles. The van der Waals surface area contributed by atoms with Gasteiger partial charge in [0.05, 0.1) is 10.4 Å². The van der Waals surface area contributed by atoms with Gasteiger partial charge in [-0.05, 0) is 30.3 Å². The summed E-state index contributed by atoms with van der Waals surface area (Å²) in [6.07, 6.45) is 0. The van der Waals surface area contributed by atoms with Crippen LogP contribution >= 0.6 is 11.6 Å². The van der Waals surface area contributed by atoms with E-state index in [1.165, 1.54) is 18.2 Å². The zero-order chi connectivity index (χ0) is 11.1. The van der Waals surface area contributed by atoms with Gasteiger partial charge in [0.1, 0.15) is 5.15 Å². The Morgan fingerprint density at radius 3 is 2.60 bits per heavy atom. The highest BCUT2D eigenvalue weighted by molar-refractivity contribution is 7.85. The summed E-state index contributed by atoms with van der Waals surface area (Å²) < 4.78 is 30.5. The smallest absolute Gasteiger partial charge is 0.282 e. The van der Waals surface area contributed by atoms with Crippen LogP contribution in [0.1, 0.15) is 0 Å². The fourth-order valence-electron chi connectivity index (χ4n) is 1.24. The quantitative estimate of drug-likeness (QED) is 0.616. The van der Waals surface area contributed by atoms with Crippen molar-refractivity contribution in [2.75, 3.05) is 0 Å². The van der Waals surface area contributed by atoms with Crippen LogP contribution in [0.5, 0.6) is 0 Å². The fourth-order valence-corrected chi connectivity index (χ4v) is 1.91. The molecule has 0 aliphatic heterocycles. The summed E-state index contributed by atoms with van der Waals surface area (Å²) in [5.41, 5.74) is 0.579. The lowest BCUT2D eigenvalue weighted by Gasteiger charge is -2.00. The minimum atomic E-state index is -4.17. The van der Waals surface area contributed by atoms with Crippen molar-refractivity contribution in [1.82, 2.24) is 4.98 Å². The molecule has 2 aromatic rings. The molecule has 78 valence electrons. The van der Waals surface area contributed by atoms with Gasteiger partial charge in [-0.2, -0.15) is 8.42 Å². The number of aromatic nitrogens is 1. The summed E-state index contributed by atoms with van der Waals surface area (Å²) in [5, 5.41) is 0.941. The molecule has 0 spiro atoms. The first-order chi connectivity index (χ1) is 6.97. The molecule has 0 fully saturated rings. The van der Waals surface area contributed by atoms with E-state index in [4.69, 9.17) is 16.2 Å². The molecule has 2 rings (SSSR count). The van der Waals surface area contributed by atoms with Gasteiger partial charge < -0.3 is 0 Å². The van der Waals surface area contributed by atoms with Gasteiger partial charge in [-0.1, -0.05) is 11.6 Å². The first kappa shape index (κ1) is 10.4. The third-order valence-electron chi connectivity index (χ3n) is 1.92. The van der Waals surface area contributed by atoms with Crippen LogP contribution in [0.4, 0.5) is 0 Å². The molecule has 0 atom stereocenters. The molecular weight excluding hydrogens is 238 g/mol. The number of hydrogen-bond acceptors (Lipinski definition) is 3. The van der Waals surface area contributed by atoms with Crippen molar-refractivity contribution in [1.29, 1.82) is 0 Å². The van der Waals surface area contributed by atoms with Crippen molar-refractivity contribution >= 4 is 32.6 Å². The van der Waals surface area contributed by atoms with Crippen molar-refractivity contribution in [3.63, 3.8) is 0 Å². The molecule has 0 unspecified atom stereocenters. The van der Waals surface area contributed by atoms with Gasteiger partial charge in [-0.25, -0.2) is 4.98 Å². The summed E-state index contributed by atoms with van der Waals surface area (Å²) in [7, 11) is -4.17. The molecule has 0 radical (unpaired) electrons. The SMILES string of the molecule is O=S(=O)(O)c1ccc2nc(Cl)ccc2c1. The van der Waals surface area contributed by atoms with Gasteiger partial charge in [0.2, 0.25) is 0 Å². The van der Waals surface area contributed by atoms with Gasteiger partial charge in [0, 0.05) is 5.39 Å². The van der Waals surface area contributed by atoms with Crippen LogP contribution in [0.3, 0.4) is 0 Å². The van der Waals surface area contributed by atoms with Gasteiger partial charge in [0.15, 0.2) is 0 Å². The molecule has 0 aliphatic carbocycles. The second kappa shape index (κ2) is 3.44. The van der Waals surface area contributed by atoms with Crippen molar-refractivity contribution < 1.29 is 13.0 Å². The van der Waals surface area contributed by atoms with Crippen LogP contribution in [0.2, 0.25) is 5.15 Å². The Kier molecular flexibility index (Phi) is 2.38. The normalized spacial score (nSPS) is 11.9. The predicted octanol–water partition coefficient (Wildman–Crippen LogP) is 2.13. The highest BCUT2D eigenvalue weighted by Crippen LogP contribution is 2.19. The molecule has 1 N–H and O–H groups in total. The van der Waals surface area contributed by atoms with E-state index in [0.29, 0.717) is 16.1 Å². The standard InChI is InChI=1S/C9H6ClNO3S/c10-9-4-1-6-5-7(15(12,13)14)2-3-8(6)11-9/h1-5H,(H,12,13,14). The Hall–Kier alpha value is -1.17. The monoisotopic (exact) mass is 243 g/mol. The summed E-state index contributed by atoms with van der Waals surface area (Å²) in [6, 6.07) is 7.30. The molecule has 15 heavy (non-hydrogen) atoms. The van der Waals surface area contributed by atoms with Gasteiger partial charge in [0.25, 0.3) is 10.1 Å². The number of pyridine rings is 1. The van der Waals surface area contributed by atoms with E-state index >= 15 is 0 Å².